The SMILES string of the molecule is CC(COCC(F)(F)F)NC(=O)c1ccc(S(=O)(=O)N2CC(C)OC(C)C2)cc1. The topological polar surface area (TPSA) is 84.9 Å². The van der Waals surface area contributed by atoms with Gasteiger partial charge in [-0.25, -0.2) is 8.42 Å². The van der Waals surface area contributed by atoms with Gasteiger partial charge in [0.05, 0.1) is 23.7 Å². The standard InChI is InChI=1S/C18H25F3N2O5S/c1-12(10-27-11-18(19,20)21)22-17(24)15-4-6-16(7-5-15)29(25,26)23-8-13(2)28-14(3)9-23/h4-7,12-14H,8-11H2,1-3H3,(H,22,24). The lowest BCUT2D eigenvalue weighted by molar-refractivity contribution is -0.174. The van der Waals surface area contributed by atoms with Gasteiger partial charge in [-0.3, -0.25) is 4.79 Å². The smallest absolute Gasteiger partial charge is 0.373 e. The summed E-state index contributed by atoms with van der Waals surface area (Å²) in [6, 6.07) is 4.74. The molecule has 0 aromatic heterocycles. The number of hydrogen-bond acceptors (Lipinski definition) is 5. The van der Waals surface area contributed by atoms with Crippen LogP contribution in [0.1, 0.15) is 31.1 Å². The maximum Gasteiger partial charge on any atom is 0.411 e. The molecule has 164 valence electrons. The summed E-state index contributed by atoms with van der Waals surface area (Å²) in [5.41, 5.74) is 0.190. The lowest BCUT2D eigenvalue weighted by atomic mass is 10.2. The van der Waals surface area contributed by atoms with Crippen molar-refractivity contribution in [3.8, 4) is 0 Å². The molecule has 0 spiro atoms. The number of amides is 1. The van der Waals surface area contributed by atoms with E-state index in [1.165, 1.54) is 35.5 Å². The first kappa shape index (κ1) is 23.6. The van der Waals surface area contributed by atoms with Crippen LogP contribution in [0.25, 0.3) is 0 Å². The van der Waals surface area contributed by atoms with Gasteiger partial charge in [0.25, 0.3) is 5.91 Å². The number of sulfonamides is 1. The largest absolute Gasteiger partial charge is 0.411 e. The van der Waals surface area contributed by atoms with Gasteiger partial charge in [0, 0.05) is 24.7 Å². The predicted molar refractivity (Wildman–Crippen MR) is 99.0 cm³/mol. The first-order valence-corrected chi connectivity index (χ1v) is 10.5. The molecule has 1 aromatic carbocycles. The quantitative estimate of drug-likeness (QED) is 0.706. The van der Waals surface area contributed by atoms with Crippen LogP contribution in [0.5, 0.6) is 0 Å². The number of carbonyl (C=O) groups excluding carboxylic acids is 1. The molecule has 1 amide bonds. The van der Waals surface area contributed by atoms with E-state index in [2.05, 4.69) is 10.1 Å². The first-order chi connectivity index (χ1) is 13.4. The second-order valence-electron chi connectivity index (χ2n) is 7.11. The number of ether oxygens (including phenoxy) is 2. The van der Waals surface area contributed by atoms with E-state index in [9.17, 15) is 26.4 Å². The third kappa shape index (κ3) is 6.95. The average Bonchev–Trinajstić information content (AvgIpc) is 2.59. The van der Waals surface area contributed by atoms with Crippen molar-refractivity contribution in [3.63, 3.8) is 0 Å². The van der Waals surface area contributed by atoms with Crippen molar-refractivity contribution in [1.29, 1.82) is 0 Å². The number of rotatable bonds is 7. The van der Waals surface area contributed by atoms with Gasteiger partial charge in [-0.1, -0.05) is 0 Å². The van der Waals surface area contributed by atoms with Crippen LogP contribution in [-0.2, 0) is 19.5 Å². The highest BCUT2D eigenvalue weighted by molar-refractivity contribution is 7.89. The molecule has 0 bridgehead atoms. The maximum absolute atomic E-state index is 12.8. The minimum atomic E-state index is -4.43. The van der Waals surface area contributed by atoms with Crippen LogP contribution in [0.2, 0.25) is 0 Å². The molecule has 11 heteroatoms. The first-order valence-electron chi connectivity index (χ1n) is 9.09. The Bertz CT molecular complexity index is 789. The molecular formula is C18H25F3N2O5S. The summed E-state index contributed by atoms with van der Waals surface area (Å²) in [6.45, 7) is 3.89. The molecule has 2 rings (SSSR count). The van der Waals surface area contributed by atoms with Gasteiger partial charge < -0.3 is 14.8 Å². The molecule has 1 N–H and O–H groups in total. The summed E-state index contributed by atoms with van der Waals surface area (Å²) in [5.74, 6) is -0.536. The number of nitrogens with one attached hydrogen (secondary N) is 1. The number of benzene rings is 1. The van der Waals surface area contributed by atoms with E-state index in [1.807, 2.05) is 0 Å². The molecule has 0 saturated carbocycles. The third-order valence-corrected chi connectivity index (χ3v) is 6.00. The van der Waals surface area contributed by atoms with E-state index in [0.717, 1.165) is 0 Å². The van der Waals surface area contributed by atoms with Gasteiger partial charge in [-0.2, -0.15) is 17.5 Å². The number of morpholine rings is 1. The number of carbonyl (C=O) groups is 1. The van der Waals surface area contributed by atoms with Crippen molar-refractivity contribution >= 4 is 15.9 Å². The molecule has 1 aromatic rings. The van der Waals surface area contributed by atoms with Crippen LogP contribution in [-0.4, -0.2) is 69.4 Å². The van der Waals surface area contributed by atoms with Crippen molar-refractivity contribution in [2.45, 2.75) is 50.1 Å². The second-order valence-corrected chi connectivity index (χ2v) is 9.05. The zero-order valence-electron chi connectivity index (χ0n) is 16.4. The van der Waals surface area contributed by atoms with Gasteiger partial charge in [-0.15, -0.1) is 0 Å². The minimum absolute atomic E-state index is 0.0527. The zero-order chi connectivity index (χ0) is 21.8. The molecule has 1 aliphatic rings. The van der Waals surface area contributed by atoms with Crippen molar-refractivity contribution in [1.82, 2.24) is 9.62 Å². The van der Waals surface area contributed by atoms with Crippen molar-refractivity contribution in [2.75, 3.05) is 26.3 Å². The lowest BCUT2D eigenvalue weighted by Crippen LogP contribution is -2.48. The number of halogens is 3. The lowest BCUT2D eigenvalue weighted by Gasteiger charge is -2.34. The fraction of sp³-hybridized carbons (Fsp3) is 0.611. The minimum Gasteiger partial charge on any atom is -0.373 e. The van der Waals surface area contributed by atoms with E-state index in [1.54, 1.807) is 13.8 Å². The van der Waals surface area contributed by atoms with E-state index in [0.29, 0.717) is 0 Å². The van der Waals surface area contributed by atoms with Crippen molar-refractivity contribution < 1.29 is 35.9 Å². The van der Waals surface area contributed by atoms with Crippen LogP contribution < -0.4 is 5.32 Å². The Kier molecular flexibility index (Phi) is 7.66. The Morgan fingerprint density at radius 1 is 1.24 bits per heavy atom. The molecule has 0 radical (unpaired) electrons. The van der Waals surface area contributed by atoms with Crippen molar-refractivity contribution in [3.05, 3.63) is 29.8 Å². The summed E-state index contributed by atoms with van der Waals surface area (Å²) < 4.78 is 73.2. The van der Waals surface area contributed by atoms with Crippen molar-refractivity contribution in [2.24, 2.45) is 0 Å². The Labute approximate surface area is 168 Å². The Morgan fingerprint density at radius 2 is 1.79 bits per heavy atom. The molecule has 29 heavy (non-hydrogen) atoms. The Balaban J connectivity index is 1.97. The predicted octanol–water partition coefficient (Wildman–Crippen LogP) is 2.18. The summed E-state index contributed by atoms with van der Waals surface area (Å²) in [7, 11) is -3.72. The monoisotopic (exact) mass is 438 g/mol. The van der Waals surface area contributed by atoms with E-state index in [-0.39, 0.29) is 42.4 Å². The Morgan fingerprint density at radius 3 is 2.31 bits per heavy atom. The second kappa shape index (κ2) is 9.41. The van der Waals surface area contributed by atoms with Crippen LogP contribution in [0, 0.1) is 0 Å². The zero-order valence-corrected chi connectivity index (χ0v) is 17.2. The average molecular weight is 438 g/mol. The van der Waals surface area contributed by atoms with Gasteiger partial charge >= 0.3 is 6.18 Å². The summed E-state index contributed by atoms with van der Waals surface area (Å²) in [4.78, 5) is 12.3. The van der Waals surface area contributed by atoms with Gasteiger partial charge in [0.2, 0.25) is 10.0 Å². The molecule has 1 fully saturated rings. The third-order valence-electron chi connectivity index (χ3n) is 4.15. The fourth-order valence-electron chi connectivity index (χ4n) is 2.95. The van der Waals surface area contributed by atoms with E-state index >= 15 is 0 Å². The van der Waals surface area contributed by atoms with E-state index < -0.39 is 34.8 Å². The van der Waals surface area contributed by atoms with Crippen LogP contribution in [0.15, 0.2) is 29.2 Å². The van der Waals surface area contributed by atoms with Crippen LogP contribution in [0.3, 0.4) is 0 Å². The number of alkyl halides is 3. The number of nitrogens with zero attached hydrogens (tertiary/aromatic N) is 1. The van der Waals surface area contributed by atoms with Crippen LogP contribution in [0.4, 0.5) is 13.2 Å². The molecule has 3 atom stereocenters. The maximum atomic E-state index is 12.8. The highest BCUT2D eigenvalue weighted by atomic mass is 32.2. The molecule has 1 aliphatic heterocycles. The molecule has 0 aliphatic carbocycles. The highest BCUT2D eigenvalue weighted by Gasteiger charge is 2.32. The summed E-state index contributed by atoms with van der Waals surface area (Å²) >= 11 is 0. The van der Waals surface area contributed by atoms with Crippen LogP contribution >= 0.6 is 0 Å². The van der Waals surface area contributed by atoms with E-state index in [4.69, 9.17) is 4.74 Å². The van der Waals surface area contributed by atoms with Gasteiger partial charge in [0.1, 0.15) is 6.61 Å². The highest BCUT2D eigenvalue weighted by Crippen LogP contribution is 2.21. The molecule has 7 nitrogen and oxygen atoms in total. The molecular weight excluding hydrogens is 413 g/mol. The van der Waals surface area contributed by atoms with Gasteiger partial charge in [-0.05, 0) is 45.0 Å². The summed E-state index contributed by atoms with van der Waals surface area (Å²) in [5, 5.41) is 2.51. The summed E-state index contributed by atoms with van der Waals surface area (Å²) in [6.07, 6.45) is -4.87. The fourth-order valence-corrected chi connectivity index (χ4v) is 4.55. The Hall–Kier alpha value is -1.69. The molecule has 1 heterocycles. The molecule has 3 unspecified atom stereocenters. The number of hydrogen-bond donors (Lipinski definition) is 1. The normalized spacial score (nSPS) is 22.3. The van der Waals surface area contributed by atoms with Gasteiger partial charge in [0.15, 0.2) is 0 Å². The molecule has 1 saturated heterocycles.